The maximum absolute atomic E-state index is 13.5. The number of hydrogen-bond acceptors (Lipinski definition) is 3. The van der Waals surface area contributed by atoms with Crippen LogP contribution in [-0.2, 0) is 0 Å². The Hall–Kier alpha value is -3.44. The van der Waals surface area contributed by atoms with Crippen molar-refractivity contribution in [1.82, 2.24) is 5.32 Å². The number of rotatable bonds is 4. The van der Waals surface area contributed by atoms with Crippen molar-refractivity contribution in [3.05, 3.63) is 94.5 Å². The van der Waals surface area contributed by atoms with Crippen LogP contribution in [0.2, 0.25) is 0 Å². The third kappa shape index (κ3) is 4.30. The van der Waals surface area contributed by atoms with Crippen molar-refractivity contribution in [2.24, 2.45) is 0 Å². The second-order valence-electron chi connectivity index (χ2n) is 8.30. The van der Waals surface area contributed by atoms with E-state index < -0.39 is 0 Å². The fraction of sp³-hybridized carbons (Fsp3) is 0.259. The predicted octanol–water partition coefficient (Wildman–Crippen LogP) is 5.26. The van der Waals surface area contributed by atoms with Crippen LogP contribution in [0.15, 0.2) is 66.7 Å². The van der Waals surface area contributed by atoms with Gasteiger partial charge in [-0.3, -0.25) is 9.59 Å². The van der Waals surface area contributed by atoms with Crippen LogP contribution in [-0.4, -0.2) is 25.4 Å². The van der Waals surface area contributed by atoms with Gasteiger partial charge >= 0.3 is 0 Å². The molecule has 3 aromatic rings. The molecule has 5 heteroatoms. The van der Waals surface area contributed by atoms with Crippen molar-refractivity contribution in [3.63, 3.8) is 0 Å². The lowest BCUT2D eigenvalue weighted by Gasteiger charge is -2.25. The third-order valence-electron chi connectivity index (χ3n) is 6.18. The first-order chi connectivity index (χ1) is 15.5. The molecule has 1 heterocycles. The smallest absolute Gasteiger partial charge is 0.258 e. The lowest BCUT2D eigenvalue weighted by molar-refractivity contribution is 0.0985. The van der Waals surface area contributed by atoms with Gasteiger partial charge < -0.3 is 15.5 Å². The first kappa shape index (κ1) is 21.8. The Labute approximate surface area is 189 Å². The third-order valence-corrected chi connectivity index (χ3v) is 6.18. The number of aryl methyl sites for hydroxylation is 2. The first-order valence-electron chi connectivity index (χ1n) is 11.1. The van der Waals surface area contributed by atoms with E-state index in [1.807, 2.05) is 80.4 Å². The molecule has 0 radical (unpaired) electrons. The molecule has 0 spiro atoms. The molecule has 0 fully saturated rings. The van der Waals surface area contributed by atoms with Crippen molar-refractivity contribution < 1.29 is 9.59 Å². The number of nitrogens with zero attached hydrogens (tertiary/aromatic N) is 1. The van der Waals surface area contributed by atoms with Crippen LogP contribution in [0.25, 0.3) is 0 Å². The van der Waals surface area contributed by atoms with Crippen LogP contribution in [0.3, 0.4) is 0 Å². The van der Waals surface area contributed by atoms with Gasteiger partial charge in [0.1, 0.15) is 0 Å². The summed E-state index contributed by atoms with van der Waals surface area (Å²) in [5.74, 6) is -0.162. The van der Waals surface area contributed by atoms with Gasteiger partial charge in [-0.1, -0.05) is 36.4 Å². The summed E-state index contributed by atoms with van der Waals surface area (Å²) in [5, 5.41) is 6.33. The van der Waals surface area contributed by atoms with Gasteiger partial charge in [0, 0.05) is 35.1 Å². The summed E-state index contributed by atoms with van der Waals surface area (Å²) in [6, 6.07) is 21.3. The van der Waals surface area contributed by atoms with E-state index in [0.29, 0.717) is 23.4 Å². The van der Waals surface area contributed by atoms with Crippen LogP contribution < -0.4 is 15.5 Å². The minimum atomic E-state index is -0.152. The summed E-state index contributed by atoms with van der Waals surface area (Å²) >= 11 is 0. The van der Waals surface area contributed by atoms with Gasteiger partial charge in [0.05, 0.1) is 0 Å². The van der Waals surface area contributed by atoms with E-state index >= 15 is 0 Å². The van der Waals surface area contributed by atoms with Crippen molar-refractivity contribution in [1.29, 1.82) is 0 Å². The minimum Gasteiger partial charge on any atom is -0.322 e. The number of fused-ring (bicyclic) bond motifs is 1. The Morgan fingerprint density at radius 2 is 1.66 bits per heavy atom. The lowest BCUT2D eigenvalue weighted by Crippen LogP contribution is -2.32. The van der Waals surface area contributed by atoms with E-state index in [2.05, 4.69) is 16.7 Å². The SMILES string of the molecule is CNC1CCCN(C(=O)c2ccc(NC(=O)c3ccccc3C)cc2C)c2ccccc21. The van der Waals surface area contributed by atoms with Crippen molar-refractivity contribution in [2.45, 2.75) is 32.7 Å². The molecule has 0 saturated carbocycles. The molecule has 4 rings (SSSR count). The zero-order chi connectivity index (χ0) is 22.7. The highest BCUT2D eigenvalue weighted by Crippen LogP contribution is 2.34. The molecule has 0 bridgehead atoms. The van der Waals surface area contributed by atoms with Crippen molar-refractivity contribution in [3.8, 4) is 0 Å². The van der Waals surface area contributed by atoms with Crippen LogP contribution in [0.5, 0.6) is 0 Å². The van der Waals surface area contributed by atoms with Gasteiger partial charge in [0.25, 0.3) is 11.8 Å². The molecule has 1 atom stereocenters. The summed E-state index contributed by atoms with van der Waals surface area (Å²) in [6.07, 6.45) is 1.91. The Morgan fingerprint density at radius 1 is 0.906 bits per heavy atom. The number of amides is 2. The van der Waals surface area contributed by atoms with Gasteiger partial charge in [-0.25, -0.2) is 0 Å². The number of carbonyl (C=O) groups excluding carboxylic acids is 2. The maximum atomic E-state index is 13.5. The highest BCUT2D eigenvalue weighted by Gasteiger charge is 2.27. The molecule has 164 valence electrons. The first-order valence-corrected chi connectivity index (χ1v) is 11.1. The normalized spacial score (nSPS) is 15.6. The second-order valence-corrected chi connectivity index (χ2v) is 8.30. The molecule has 0 aliphatic carbocycles. The largest absolute Gasteiger partial charge is 0.322 e. The zero-order valence-corrected chi connectivity index (χ0v) is 18.8. The highest BCUT2D eigenvalue weighted by atomic mass is 16.2. The van der Waals surface area contributed by atoms with Gasteiger partial charge in [0.15, 0.2) is 0 Å². The molecule has 3 aromatic carbocycles. The Balaban J connectivity index is 1.59. The van der Waals surface area contributed by atoms with Gasteiger partial charge in [0.2, 0.25) is 0 Å². The number of para-hydroxylation sites is 1. The number of benzene rings is 3. The molecule has 1 aliphatic rings. The van der Waals surface area contributed by atoms with Gasteiger partial charge in [-0.05, 0) is 80.8 Å². The Kier molecular flexibility index (Phi) is 6.37. The van der Waals surface area contributed by atoms with Crippen molar-refractivity contribution in [2.75, 3.05) is 23.8 Å². The fourth-order valence-electron chi connectivity index (χ4n) is 4.42. The molecule has 0 saturated heterocycles. The lowest BCUT2D eigenvalue weighted by atomic mass is 10.0. The Bertz CT molecular complexity index is 1160. The second kappa shape index (κ2) is 9.37. The summed E-state index contributed by atoms with van der Waals surface area (Å²) < 4.78 is 0. The van der Waals surface area contributed by atoms with Gasteiger partial charge in [-0.2, -0.15) is 0 Å². The molecule has 0 aromatic heterocycles. The maximum Gasteiger partial charge on any atom is 0.258 e. The number of anilines is 2. The van der Waals surface area contributed by atoms with E-state index in [0.717, 1.165) is 35.2 Å². The zero-order valence-electron chi connectivity index (χ0n) is 18.8. The minimum absolute atomic E-state index is 0.0107. The average molecular weight is 428 g/mol. The van der Waals surface area contributed by atoms with Crippen LogP contribution in [0, 0.1) is 13.8 Å². The van der Waals surface area contributed by atoms with Gasteiger partial charge in [-0.15, -0.1) is 0 Å². The van der Waals surface area contributed by atoms with Crippen LogP contribution in [0.1, 0.15) is 56.3 Å². The standard InChI is InChI=1S/C27H29N3O2/c1-18-9-4-5-10-21(18)26(31)29-20-14-15-22(19(2)17-20)27(32)30-16-8-12-24(28-3)23-11-6-7-13-25(23)30/h4-7,9-11,13-15,17,24,28H,8,12,16H2,1-3H3,(H,29,31). The number of nitrogens with one attached hydrogen (secondary N) is 2. The molecular formula is C27H29N3O2. The summed E-state index contributed by atoms with van der Waals surface area (Å²) in [4.78, 5) is 28.1. The van der Waals surface area contributed by atoms with E-state index in [4.69, 9.17) is 0 Å². The van der Waals surface area contributed by atoms with Crippen LogP contribution in [0.4, 0.5) is 11.4 Å². The van der Waals surface area contributed by atoms with E-state index in [1.165, 1.54) is 0 Å². The monoisotopic (exact) mass is 427 g/mol. The molecular weight excluding hydrogens is 398 g/mol. The number of carbonyl (C=O) groups is 2. The number of hydrogen-bond donors (Lipinski definition) is 2. The molecule has 1 aliphatic heterocycles. The quantitative estimate of drug-likeness (QED) is 0.597. The molecule has 2 amide bonds. The molecule has 1 unspecified atom stereocenters. The summed E-state index contributed by atoms with van der Waals surface area (Å²) in [5.41, 5.74) is 5.85. The van der Waals surface area contributed by atoms with Crippen LogP contribution >= 0.6 is 0 Å². The molecule has 32 heavy (non-hydrogen) atoms. The average Bonchev–Trinajstić information content (AvgIpc) is 2.98. The summed E-state index contributed by atoms with van der Waals surface area (Å²) in [7, 11) is 1.97. The Morgan fingerprint density at radius 3 is 2.41 bits per heavy atom. The topological polar surface area (TPSA) is 61.4 Å². The molecule has 5 nitrogen and oxygen atoms in total. The fourth-order valence-corrected chi connectivity index (χ4v) is 4.42. The van der Waals surface area contributed by atoms with E-state index in [1.54, 1.807) is 6.07 Å². The van der Waals surface area contributed by atoms with Crippen molar-refractivity contribution >= 4 is 23.2 Å². The summed E-state index contributed by atoms with van der Waals surface area (Å²) in [6.45, 7) is 4.51. The predicted molar refractivity (Wildman–Crippen MR) is 129 cm³/mol. The molecule has 2 N–H and O–H groups in total. The van der Waals surface area contributed by atoms with E-state index in [9.17, 15) is 9.59 Å². The highest BCUT2D eigenvalue weighted by molar-refractivity contribution is 6.09. The van der Waals surface area contributed by atoms with E-state index in [-0.39, 0.29) is 17.9 Å².